The molecular formula is C17H11BrClN3O3. The van der Waals surface area contributed by atoms with E-state index in [1.54, 1.807) is 36.4 Å². The number of anilines is 1. The second kappa shape index (κ2) is 7.08. The Morgan fingerprint density at radius 3 is 2.64 bits per heavy atom. The first kappa shape index (κ1) is 17.2. The fraction of sp³-hybridized carbons (Fsp3) is 0. The first-order valence-electron chi connectivity index (χ1n) is 7.13. The van der Waals surface area contributed by atoms with E-state index in [-0.39, 0.29) is 0 Å². The highest BCUT2D eigenvalue weighted by atomic mass is 79.9. The molecule has 0 aliphatic heterocycles. The summed E-state index contributed by atoms with van der Waals surface area (Å²) in [7, 11) is 0. The maximum atomic E-state index is 12.4. The number of rotatable bonds is 3. The minimum absolute atomic E-state index is 0.313. The van der Waals surface area contributed by atoms with E-state index in [1.165, 1.54) is 6.07 Å². The van der Waals surface area contributed by atoms with E-state index in [9.17, 15) is 14.4 Å². The van der Waals surface area contributed by atoms with Gasteiger partial charge in [-0.15, -0.1) is 0 Å². The van der Waals surface area contributed by atoms with Crippen molar-refractivity contribution in [1.29, 1.82) is 0 Å². The maximum absolute atomic E-state index is 12.4. The van der Waals surface area contributed by atoms with Gasteiger partial charge in [0.05, 0.1) is 16.4 Å². The van der Waals surface area contributed by atoms with Crippen molar-refractivity contribution >= 4 is 39.1 Å². The Bertz CT molecular complexity index is 1070. The van der Waals surface area contributed by atoms with Crippen LogP contribution in [0.2, 0.25) is 5.02 Å². The number of nitrogens with one attached hydrogen (secondary N) is 2. The second-order valence-corrected chi connectivity index (χ2v) is 6.43. The van der Waals surface area contributed by atoms with E-state index in [0.29, 0.717) is 22.0 Å². The molecule has 126 valence electrons. The molecule has 6 nitrogen and oxygen atoms in total. The van der Waals surface area contributed by atoms with Crippen molar-refractivity contribution in [3.05, 3.63) is 90.4 Å². The van der Waals surface area contributed by atoms with Crippen LogP contribution in [0.3, 0.4) is 0 Å². The predicted octanol–water partition coefficient (Wildman–Crippen LogP) is 3.19. The molecule has 0 atom stereocenters. The second-order valence-electron chi connectivity index (χ2n) is 5.11. The molecule has 0 spiro atoms. The number of nitrogens with zero attached hydrogens (tertiary/aromatic N) is 1. The molecule has 0 unspecified atom stereocenters. The van der Waals surface area contributed by atoms with Gasteiger partial charge < -0.3 is 5.32 Å². The van der Waals surface area contributed by atoms with Crippen molar-refractivity contribution in [3.63, 3.8) is 0 Å². The summed E-state index contributed by atoms with van der Waals surface area (Å²) in [4.78, 5) is 35.8. The van der Waals surface area contributed by atoms with Gasteiger partial charge in [-0.1, -0.05) is 33.6 Å². The molecule has 1 amide bonds. The van der Waals surface area contributed by atoms with Gasteiger partial charge in [0.1, 0.15) is 0 Å². The third-order valence-electron chi connectivity index (χ3n) is 3.37. The van der Waals surface area contributed by atoms with Gasteiger partial charge in [-0.3, -0.25) is 19.5 Å². The topological polar surface area (TPSA) is 84.0 Å². The molecular weight excluding hydrogens is 410 g/mol. The van der Waals surface area contributed by atoms with Gasteiger partial charge in [0, 0.05) is 22.2 Å². The molecule has 25 heavy (non-hydrogen) atoms. The molecule has 3 aromatic rings. The predicted molar refractivity (Wildman–Crippen MR) is 99.8 cm³/mol. The SMILES string of the molecule is O=C(Nc1ccc(Br)cc1Cl)c1cccc(-n2[nH]c(=O)ccc2=O)c1. The Balaban J connectivity index is 1.93. The number of hydrogen-bond donors (Lipinski definition) is 2. The zero-order valence-electron chi connectivity index (χ0n) is 12.6. The van der Waals surface area contributed by atoms with Gasteiger partial charge in [-0.25, -0.2) is 4.68 Å². The molecule has 1 heterocycles. The van der Waals surface area contributed by atoms with E-state index in [0.717, 1.165) is 21.3 Å². The highest BCUT2D eigenvalue weighted by Crippen LogP contribution is 2.26. The normalized spacial score (nSPS) is 10.5. The van der Waals surface area contributed by atoms with Gasteiger partial charge in [0.25, 0.3) is 17.0 Å². The number of H-pyrrole nitrogens is 1. The van der Waals surface area contributed by atoms with Crippen LogP contribution in [0.25, 0.3) is 5.69 Å². The molecule has 0 aliphatic carbocycles. The van der Waals surface area contributed by atoms with E-state index >= 15 is 0 Å². The number of aromatic nitrogens is 2. The third-order valence-corrected chi connectivity index (χ3v) is 4.17. The first-order chi connectivity index (χ1) is 11.9. The molecule has 0 fully saturated rings. The van der Waals surface area contributed by atoms with Crippen LogP contribution < -0.4 is 16.4 Å². The third kappa shape index (κ3) is 3.89. The zero-order chi connectivity index (χ0) is 18.0. The summed E-state index contributed by atoms with van der Waals surface area (Å²) in [6, 6.07) is 13.7. The highest BCUT2D eigenvalue weighted by Gasteiger charge is 2.10. The van der Waals surface area contributed by atoms with E-state index in [1.807, 2.05) is 0 Å². The van der Waals surface area contributed by atoms with Gasteiger partial charge in [0.15, 0.2) is 0 Å². The molecule has 1 aromatic heterocycles. The molecule has 0 aliphatic rings. The smallest absolute Gasteiger partial charge is 0.269 e. The summed E-state index contributed by atoms with van der Waals surface area (Å²) in [5.74, 6) is -0.391. The molecule has 8 heteroatoms. The lowest BCUT2D eigenvalue weighted by molar-refractivity contribution is 0.102. The molecule has 2 N–H and O–H groups in total. The van der Waals surface area contributed by atoms with Gasteiger partial charge in [0.2, 0.25) is 0 Å². The van der Waals surface area contributed by atoms with Crippen LogP contribution in [0.5, 0.6) is 0 Å². The number of carbonyl (C=O) groups is 1. The van der Waals surface area contributed by atoms with Crippen molar-refractivity contribution in [2.24, 2.45) is 0 Å². The minimum atomic E-state index is -0.420. The Morgan fingerprint density at radius 1 is 1.08 bits per heavy atom. The van der Waals surface area contributed by atoms with Crippen LogP contribution >= 0.6 is 27.5 Å². The Kier molecular flexibility index (Phi) is 4.87. The quantitative estimate of drug-likeness (QED) is 0.682. The van der Waals surface area contributed by atoms with Crippen molar-refractivity contribution in [1.82, 2.24) is 9.78 Å². The monoisotopic (exact) mass is 419 g/mol. The van der Waals surface area contributed by atoms with Gasteiger partial charge in [-0.2, -0.15) is 0 Å². The summed E-state index contributed by atoms with van der Waals surface area (Å²) in [6.07, 6.45) is 0. The molecule has 0 bridgehead atoms. The number of amides is 1. The summed E-state index contributed by atoms with van der Waals surface area (Å²) in [5.41, 5.74) is 0.320. The highest BCUT2D eigenvalue weighted by molar-refractivity contribution is 9.10. The first-order valence-corrected chi connectivity index (χ1v) is 8.30. The number of carbonyl (C=O) groups excluding carboxylic acids is 1. The molecule has 3 rings (SSSR count). The Hall–Kier alpha value is -2.64. The van der Waals surface area contributed by atoms with Crippen LogP contribution in [0.1, 0.15) is 10.4 Å². The molecule has 0 radical (unpaired) electrons. The molecule has 2 aromatic carbocycles. The molecule has 0 saturated carbocycles. The summed E-state index contributed by atoms with van der Waals surface area (Å²) < 4.78 is 1.87. The lowest BCUT2D eigenvalue weighted by Crippen LogP contribution is -2.26. The van der Waals surface area contributed by atoms with Crippen molar-refractivity contribution in [2.75, 3.05) is 5.32 Å². The van der Waals surface area contributed by atoms with Crippen LogP contribution in [-0.2, 0) is 0 Å². The Morgan fingerprint density at radius 2 is 1.88 bits per heavy atom. The van der Waals surface area contributed by atoms with Crippen molar-refractivity contribution in [2.45, 2.75) is 0 Å². The standard InChI is InChI=1S/C17H11BrClN3O3/c18-11-4-5-14(13(19)9-11)20-17(25)10-2-1-3-12(8-10)22-16(24)7-6-15(23)21-22/h1-9H,(H,20,25)(H,21,23). The minimum Gasteiger partial charge on any atom is -0.321 e. The lowest BCUT2D eigenvalue weighted by atomic mass is 10.2. The van der Waals surface area contributed by atoms with Crippen LogP contribution in [-0.4, -0.2) is 15.7 Å². The summed E-state index contributed by atoms with van der Waals surface area (Å²) in [6.45, 7) is 0. The lowest BCUT2D eigenvalue weighted by Gasteiger charge is -2.09. The largest absolute Gasteiger partial charge is 0.321 e. The van der Waals surface area contributed by atoms with Crippen molar-refractivity contribution < 1.29 is 4.79 Å². The average Bonchev–Trinajstić information content (AvgIpc) is 2.59. The average molecular weight is 421 g/mol. The van der Waals surface area contributed by atoms with Gasteiger partial charge in [-0.05, 0) is 36.4 Å². The van der Waals surface area contributed by atoms with E-state index in [4.69, 9.17) is 11.6 Å². The fourth-order valence-electron chi connectivity index (χ4n) is 2.19. The van der Waals surface area contributed by atoms with Crippen molar-refractivity contribution in [3.8, 4) is 5.69 Å². The number of benzene rings is 2. The van der Waals surface area contributed by atoms with E-state index in [2.05, 4.69) is 26.3 Å². The van der Waals surface area contributed by atoms with Crippen LogP contribution in [0.15, 0.2) is 68.7 Å². The zero-order valence-corrected chi connectivity index (χ0v) is 15.0. The number of aromatic amines is 1. The number of hydrogen-bond acceptors (Lipinski definition) is 3. The molecule has 0 saturated heterocycles. The summed E-state index contributed by atoms with van der Waals surface area (Å²) in [5, 5.41) is 5.51. The van der Waals surface area contributed by atoms with E-state index < -0.39 is 17.0 Å². The Labute approximate surface area is 155 Å². The van der Waals surface area contributed by atoms with Crippen LogP contribution in [0.4, 0.5) is 5.69 Å². The fourth-order valence-corrected chi connectivity index (χ4v) is 2.91. The van der Waals surface area contributed by atoms with Crippen LogP contribution in [0, 0.1) is 0 Å². The van der Waals surface area contributed by atoms with Gasteiger partial charge >= 0.3 is 0 Å². The summed E-state index contributed by atoms with van der Waals surface area (Å²) >= 11 is 9.39. The maximum Gasteiger partial charge on any atom is 0.269 e. The number of halogens is 2.